The van der Waals surface area contributed by atoms with Crippen molar-refractivity contribution in [3.8, 4) is 11.3 Å². The first-order valence-corrected chi connectivity index (χ1v) is 6.31. The monoisotopic (exact) mass is 288 g/mol. The van der Waals surface area contributed by atoms with Crippen LogP contribution in [0.2, 0.25) is 0 Å². The van der Waals surface area contributed by atoms with E-state index < -0.39 is 5.91 Å². The van der Waals surface area contributed by atoms with Gasteiger partial charge in [0.25, 0.3) is 5.91 Å². The predicted octanol–water partition coefficient (Wildman–Crippen LogP) is 2.12. The number of aromatic nitrogens is 3. The van der Waals surface area contributed by atoms with Gasteiger partial charge < -0.3 is 10.3 Å². The van der Waals surface area contributed by atoms with Crippen LogP contribution in [0.4, 0.5) is 0 Å². The number of benzene rings is 1. The van der Waals surface area contributed by atoms with E-state index in [9.17, 15) is 4.79 Å². The van der Waals surface area contributed by atoms with Gasteiger partial charge in [0, 0.05) is 5.56 Å². The molecule has 1 aromatic carbocycles. The molecule has 2 aromatic heterocycles. The van der Waals surface area contributed by atoms with Crippen molar-refractivity contribution in [3.05, 3.63) is 41.9 Å². The summed E-state index contributed by atoms with van der Waals surface area (Å²) in [6.45, 7) is 0. The molecular weight excluding hydrogens is 280 g/mol. The molecule has 3 rings (SSSR count). The van der Waals surface area contributed by atoms with E-state index in [0.717, 1.165) is 5.56 Å². The van der Waals surface area contributed by atoms with Crippen molar-refractivity contribution in [1.29, 1.82) is 0 Å². The first kappa shape index (κ1) is 12.6. The Kier molecular flexibility index (Phi) is 3.08. The van der Waals surface area contributed by atoms with Crippen LogP contribution in [0, 0.1) is 0 Å². The Hall–Kier alpha value is -2.47. The molecule has 2 heterocycles. The van der Waals surface area contributed by atoms with Gasteiger partial charge in [0.05, 0.1) is 5.88 Å². The van der Waals surface area contributed by atoms with Crippen LogP contribution in [0.3, 0.4) is 0 Å². The number of fused-ring (bicyclic) bond motifs is 1. The number of rotatable bonds is 3. The fourth-order valence-electron chi connectivity index (χ4n) is 1.89. The first-order valence-electron chi connectivity index (χ1n) is 5.78. The van der Waals surface area contributed by atoms with Gasteiger partial charge in [-0.3, -0.25) is 4.79 Å². The Labute approximate surface area is 118 Å². The van der Waals surface area contributed by atoms with Crippen molar-refractivity contribution < 1.29 is 9.32 Å². The lowest BCUT2D eigenvalue weighted by atomic mass is 10.1. The minimum atomic E-state index is -0.706. The zero-order chi connectivity index (χ0) is 14.1. The molecule has 0 aliphatic carbocycles. The lowest BCUT2D eigenvalue weighted by Gasteiger charge is -2.02. The molecule has 0 bridgehead atoms. The fourth-order valence-corrected chi connectivity index (χ4v) is 2.01. The third-order valence-electron chi connectivity index (χ3n) is 2.76. The number of alkyl halides is 1. The summed E-state index contributed by atoms with van der Waals surface area (Å²) in [4.78, 5) is 19.8. The molecule has 0 unspecified atom stereocenters. The van der Waals surface area contributed by atoms with Crippen molar-refractivity contribution in [2.45, 2.75) is 5.88 Å². The molecule has 2 N–H and O–H groups in total. The Morgan fingerprint density at radius 3 is 2.65 bits per heavy atom. The van der Waals surface area contributed by atoms with Crippen LogP contribution in [0.15, 0.2) is 34.9 Å². The third kappa shape index (κ3) is 2.00. The summed E-state index contributed by atoms with van der Waals surface area (Å²) in [5, 5.41) is 3.66. The maximum absolute atomic E-state index is 11.3. The van der Waals surface area contributed by atoms with Crippen molar-refractivity contribution in [1.82, 2.24) is 15.1 Å². The van der Waals surface area contributed by atoms with Gasteiger partial charge in [0.2, 0.25) is 5.58 Å². The quantitative estimate of drug-likeness (QED) is 0.745. The van der Waals surface area contributed by atoms with Crippen molar-refractivity contribution in [3.63, 3.8) is 0 Å². The van der Waals surface area contributed by atoms with Gasteiger partial charge in [0.15, 0.2) is 5.69 Å². The SMILES string of the molecule is NC(=O)c1noc2c(-c3ccccc3)nc(CCl)nc12. The molecule has 100 valence electrons. The minimum absolute atomic E-state index is 0.0223. The van der Waals surface area contributed by atoms with E-state index in [1.807, 2.05) is 30.3 Å². The molecule has 0 spiro atoms. The van der Waals surface area contributed by atoms with E-state index in [4.69, 9.17) is 21.9 Å². The molecule has 0 radical (unpaired) electrons. The third-order valence-corrected chi connectivity index (χ3v) is 3.00. The van der Waals surface area contributed by atoms with Crippen LogP contribution in [-0.4, -0.2) is 21.0 Å². The highest BCUT2D eigenvalue weighted by Gasteiger charge is 2.20. The van der Waals surface area contributed by atoms with Crippen LogP contribution >= 0.6 is 11.6 Å². The van der Waals surface area contributed by atoms with Crippen LogP contribution in [0.5, 0.6) is 0 Å². The van der Waals surface area contributed by atoms with Crippen LogP contribution in [0.25, 0.3) is 22.4 Å². The first-order chi connectivity index (χ1) is 9.70. The maximum Gasteiger partial charge on any atom is 0.273 e. The van der Waals surface area contributed by atoms with Crippen LogP contribution in [0.1, 0.15) is 16.3 Å². The number of primary amides is 1. The summed E-state index contributed by atoms with van der Waals surface area (Å²) in [6, 6.07) is 9.36. The highest BCUT2D eigenvalue weighted by atomic mass is 35.5. The van der Waals surface area contributed by atoms with E-state index in [2.05, 4.69) is 15.1 Å². The Bertz CT molecular complexity index is 786. The van der Waals surface area contributed by atoms with Gasteiger partial charge in [-0.25, -0.2) is 9.97 Å². The molecule has 3 aromatic rings. The summed E-state index contributed by atoms with van der Waals surface area (Å²) < 4.78 is 5.18. The van der Waals surface area contributed by atoms with Gasteiger partial charge in [-0.2, -0.15) is 0 Å². The second kappa shape index (κ2) is 4.90. The molecule has 0 atom stereocenters. The van der Waals surface area contributed by atoms with Crippen LogP contribution in [-0.2, 0) is 5.88 Å². The minimum Gasteiger partial charge on any atom is -0.364 e. The number of nitrogens with two attached hydrogens (primary N) is 1. The average Bonchev–Trinajstić information content (AvgIpc) is 2.91. The summed E-state index contributed by atoms with van der Waals surface area (Å²) in [6.07, 6.45) is 0. The van der Waals surface area contributed by atoms with Gasteiger partial charge in [0.1, 0.15) is 17.0 Å². The molecule has 20 heavy (non-hydrogen) atoms. The Balaban J connectivity index is 2.34. The molecular formula is C13H9ClN4O2. The lowest BCUT2D eigenvalue weighted by Crippen LogP contribution is -2.12. The van der Waals surface area contributed by atoms with Crippen molar-refractivity contribution in [2.75, 3.05) is 0 Å². The molecule has 0 saturated heterocycles. The topological polar surface area (TPSA) is 94.9 Å². The molecule has 6 nitrogen and oxygen atoms in total. The van der Waals surface area contributed by atoms with E-state index in [1.54, 1.807) is 0 Å². The predicted molar refractivity (Wildman–Crippen MR) is 73.1 cm³/mol. The van der Waals surface area contributed by atoms with Gasteiger partial charge in [-0.15, -0.1) is 11.6 Å². The lowest BCUT2D eigenvalue weighted by molar-refractivity contribution is 0.0993. The number of hydrogen-bond donors (Lipinski definition) is 1. The Morgan fingerprint density at radius 1 is 1.25 bits per heavy atom. The number of carbonyl (C=O) groups excluding carboxylic acids is 1. The highest BCUT2D eigenvalue weighted by Crippen LogP contribution is 2.27. The number of halogens is 1. The highest BCUT2D eigenvalue weighted by molar-refractivity contribution is 6.17. The Morgan fingerprint density at radius 2 is 2.00 bits per heavy atom. The molecule has 0 aliphatic rings. The number of hydrogen-bond acceptors (Lipinski definition) is 5. The molecule has 1 amide bonds. The number of nitrogens with zero attached hydrogens (tertiary/aromatic N) is 3. The summed E-state index contributed by atoms with van der Waals surface area (Å²) in [7, 11) is 0. The van der Waals surface area contributed by atoms with Crippen molar-refractivity contribution >= 4 is 28.6 Å². The summed E-state index contributed by atoms with van der Waals surface area (Å²) >= 11 is 5.79. The molecule has 7 heteroatoms. The molecule has 0 aliphatic heterocycles. The zero-order valence-electron chi connectivity index (χ0n) is 10.2. The fraction of sp³-hybridized carbons (Fsp3) is 0.0769. The number of amides is 1. The van der Waals surface area contributed by atoms with Gasteiger partial charge >= 0.3 is 0 Å². The van der Waals surface area contributed by atoms with Crippen molar-refractivity contribution in [2.24, 2.45) is 5.73 Å². The standard InChI is InChI=1S/C13H9ClN4O2/c14-6-8-16-9(7-4-2-1-3-5-7)12-10(17-8)11(13(15)19)18-20-12/h1-5H,6H2,(H2,15,19). The number of carbonyl (C=O) groups is 1. The van der Waals surface area contributed by atoms with Crippen LogP contribution < -0.4 is 5.73 Å². The van der Waals surface area contributed by atoms with Gasteiger partial charge in [-0.1, -0.05) is 35.5 Å². The molecule has 0 fully saturated rings. The summed E-state index contributed by atoms with van der Waals surface area (Å²) in [5.74, 6) is -0.218. The van der Waals surface area contributed by atoms with E-state index in [0.29, 0.717) is 17.1 Å². The largest absolute Gasteiger partial charge is 0.364 e. The normalized spacial score (nSPS) is 10.8. The van der Waals surface area contributed by atoms with E-state index >= 15 is 0 Å². The maximum atomic E-state index is 11.3. The second-order valence-electron chi connectivity index (χ2n) is 4.06. The average molecular weight is 289 g/mol. The van der Waals surface area contributed by atoms with E-state index in [1.165, 1.54) is 0 Å². The van der Waals surface area contributed by atoms with Gasteiger partial charge in [-0.05, 0) is 0 Å². The summed E-state index contributed by atoms with van der Waals surface area (Å²) in [5.41, 5.74) is 7.18. The zero-order valence-corrected chi connectivity index (χ0v) is 11.0. The van der Waals surface area contributed by atoms with E-state index in [-0.39, 0.29) is 17.1 Å². The second-order valence-corrected chi connectivity index (χ2v) is 4.33. The smallest absolute Gasteiger partial charge is 0.273 e. The molecule has 0 saturated carbocycles.